The van der Waals surface area contributed by atoms with E-state index in [1.165, 1.54) is 0 Å². The van der Waals surface area contributed by atoms with Crippen molar-refractivity contribution in [2.75, 3.05) is 0 Å². The Balaban J connectivity index is 2.02. The quantitative estimate of drug-likeness (QED) is 0.696. The second-order valence-electron chi connectivity index (χ2n) is 5.28. The number of nitrogens with zero attached hydrogens (tertiary/aromatic N) is 5. The minimum Gasteiger partial charge on any atom is -0.326 e. The van der Waals surface area contributed by atoms with Gasteiger partial charge in [0.2, 0.25) is 5.28 Å². The van der Waals surface area contributed by atoms with Gasteiger partial charge in [0.1, 0.15) is 11.3 Å². The van der Waals surface area contributed by atoms with Crippen LogP contribution in [0.2, 0.25) is 5.28 Å². The van der Waals surface area contributed by atoms with Crippen LogP contribution in [0.5, 0.6) is 0 Å². The number of aryl methyl sites for hydroxylation is 1. The van der Waals surface area contributed by atoms with Gasteiger partial charge in [0, 0.05) is 24.4 Å². The van der Waals surface area contributed by atoms with E-state index in [0.29, 0.717) is 12.5 Å². The molecule has 0 saturated heterocycles. The summed E-state index contributed by atoms with van der Waals surface area (Å²) >= 11 is 5.82. The molecule has 0 atom stereocenters. The number of rotatable bonds is 3. The molecule has 0 bridgehead atoms. The molecule has 0 aliphatic heterocycles. The number of fused-ring (bicyclic) bond motifs is 1. The third kappa shape index (κ3) is 2.74. The lowest BCUT2D eigenvalue weighted by Crippen LogP contribution is -2.03. The topological polar surface area (TPSA) is 56.5 Å². The van der Waals surface area contributed by atoms with Gasteiger partial charge in [0.25, 0.3) is 0 Å². The van der Waals surface area contributed by atoms with Crippen LogP contribution in [0.15, 0.2) is 24.5 Å². The zero-order valence-corrected chi connectivity index (χ0v) is 13.0. The summed E-state index contributed by atoms with van der Waals surface area (Å²) in [5.74, 6) is 1.00. The molecule has 3 aromatic heterocycles. The van der Waals surface area contributed by atoms with E-state index in [2.05, 4.69) is 44.4 Å². The number of hydrogen-bond donors (Lipinski definition) is 0. The van der Waals surface area contributed by atoms with Gasteiger partial charge >= 0.3 is 0 Å². The van der Waals surface area contributed by atoms with Gasteiger partial charge in [0.05, 0.1) is 17.4 Å². The molecule has 0 fully saturated rings. The second kappa shape index (κ2) is 5.41. The Morgan fingerprint density at radius 3 is 2.71 bits per heavy atom. The summed E-state index contributed by atoms with van der Waals surface area (Å²) < 4.78 is 2.22. The third-order valence-corrected chi connectivity index (χ3v) is 3.55. The molecule has 6 heteroatoms. The molecule has 0 unspecified atom stereocenters. The van der Waals surface area contributed by atoms with Gasteiger partial charge in [0.15, 0.2) is 0 Å². The highest BCUT2D eigenvalue weighted by molar-refractivity contribution is 6.28. The van der Waals surface area contributed by atoms with Crippen LogP contribution in [0.1, 0.15) is 37.1 Å². The zero-order chi connectivity index (χ0) is 15.0. The van der Waals surface area contributed by atoms with Gasteiger partial charge in [-0.2, -0.15) is 0 Å². The van der Waals surface area contributed by atoms with Gasteiger partial charge in [-0.3, -0.25) is 4.98 Å². The first-order chi connectivity index (χ1) is 10.0. The van der Waals surface area contributed by atoms with E-state index >= 15 is 0 Å². The largest absolute Gasteiger partial charge is 0.326 e. The molecule has 0 aromatic carbocycles. The molecular formula is C15H16ClN5. The Bertz CT molecular complexity index is 794. The summed E-state index contributed by atoms with van der Waals surface area (Å²) in [5, 5.41) is 0.261. The fourth-order valence-electron chi connectivity index (χ4n) is 2.56. The van der Waals surface area contributed by atoms with Crippen LogP contribution in [0.4, 0.5) is 0 Å². The van der Waals surface area contributed by atoms with E-state index < -0.39 is 0 Å². The van der Waals surface area contributed by atoms with Crippen molar-refractivity contribution in [1.29, 1.82) is 0 Å². The van der Waals surface area contributed by atoms with Gasteiger partial charge < -0.3 is 4.57 Å². The summed E-state index contributed by atoms with van der Waals surface area (Å²) in [6.45, 7) is 6.32. The maximum atomic E-state index is 5.82. The maximum Gasteiger partial charge on any atom is 0.222 e. The van der Waals surface area contributed by atoms with Gasteiger partial charge in [-0.05, 0) is 44.5 Å². The Morgan fingerprint density at radius 1 is 1.19 bits per heavy atom. The molecular weight excluding hydrogens is 286 g/mol. The fraction of sp³-hybridized carbons (Fsp3) is 0.333. The molecule has 0 aliphatic carbocycles. The molecule has 3 aromatic rings. The summed E-state index contributed by atoms with van der Waals surface area (Å²) in [7, 11) is 0. The number of imidazole rings is 1. The van der Waals surface area contributed by atoms with Gasteiger partial charge in [-0.15, -0.1) is 0 Å². The Morgan fingerprint density at radius 2 is 2.00 bits per heavy atom. The smallest absolute Gasteiger partial charge is 0.222 e. The fourth-order valence-corrected chi connectivity index (χ4v) is 2.73. The molecule has 0 radical (unpaired) electrons. The molecule has 0 saturated carbocycles. The normalized spacial score (nSPS) is 11.5. The van der Waals surface area contributed by atoms with Crippen molar-refractivity contribution in [3.05, 3.63) is 47.0 Å². The van der Waals surface area contributed by atoms with E-state index in [0.717, 1.165) is 28.2 Å². The monoisotopic (exact) mass is 301 g/mol. The number of halogens is 1. The predicted octanol–water partition coefficient (Wildman–Crippen LogP) is 3.35. The standard InChI is InChI=1S/C15H16ClN5/c1-9(2)21-10(3)19-13-8-18-12(7-14(13)21)6-11-4-5-17-15(16)20-11/h4-5,7-9H,6H2,1-3H3. The summed E-state index contributed by atoms with van der Waals surface area (Å²) in [6, 6.07) is 4.28. The van der Waals surface area contributed by atoms with E-state index in [9.17, 15) is 0 Å². The number of hydrogen-bond acceptors (Lipinski definition) is 4. The highest BCUT2D eigenvalue weighted by Gasteiger charge is 2.11. The first-order valence-corrected chi connectivity index (χ1v) is 7.23. The average Bonchev–Trinajstić information content (AvgIpc) is 2.74. The Kier molecular flexibility index (Phi) is 3.59. The average molecular weight is 302 g/mol. The van der Waals surface area contributed by atoms with Crippen LogP contribution < -0.4 is 0 Å². The van der Waals surface area contributed by atoms with Crippen molar-refractivity contribution in [3.63, 3.8) is 0 Å². The third-order valence-electron chi connectivity index (χ3n) is 3.37. The first-order valence-electron chi connectivity index (χ1n) is 6.85. The number of pyridine rings is 1. The second-order valence-corrected chi connectivity index (χ2v) is 5.62. The van der Waals surface area contributed by atoms with Crippen LogP contribution >= 0.6 is 11.6 Å². The molecule has 21 heavy (non-hydrogen) atoms. The highest BCUT2D eigenvalue weighted by Crippen LogP contribution is 2.21. The molecule has 5 nitrogen and oxygen atoms in total. The van der Waals surface area contributed by atoms with Crippen LogP contribution in [0, 0.1) is 6.92 Å². The molecule has 3 rings (SSSR count). The molecule has 0 spiro atoms. The molecule has 3 heterocycles. The lowest BCUT2D eigenvalue weighted by atomic mass is 10.2. The van der Waals surface area contributed by atoms with Crippen molar-refractivity contribution in [2.24, 2.45) is 0 Å². The SMILES string of the molecule is Cc1nc2cnc(Cc3ccnc(Cl)n3)cc2n1C(C)C. The van der Waals surface area contributed by atoms with Crippen LogP contribution in [-0.2, 0) is 6.42 Å². The molecule has 0 N–H and O–H groups in total. The van der Waals surface area contributed by atoms with Gasteiger partial charge in [-0.25, -0.2) is 15.0 Å². The van der Waals surface area contributed by atoms with Crippen LogP contribution in [-0.4, -0.2) is 24.5 Å². The summed E-state index contributed by atoms with van der Waals surface area (Å²) in [4.78, 5) is 17.1. The molecule has 0 aliphatic rings. The van der Waals surface area contributed by atoms with Crippen LogP contribution in [0.3, 0.4) is 0 Å². The lowest BCUT2D eigenvalue weighted by Gasteiger charge is -2.11. The zero-order valence-electron chi connectivity index (χ0n) is 12.2. The van der Waals surface area contributed by atoms with Gasteiger partial charge in [-0.1, -0.05) is 0 Å². The summed E-state index contributed by atoms with van der Waals surface area (Å²) in [6.07, 6.45) is 4.10. The van der Waals surface area contributed by atoms with Crippen LogP contribution in [0.25, 0.3) is 11.0 Å². The van der Waals surface area contributed by atoms with Crippen molar-refractivity contribution in [2.45, 2.75) is 33.2 Å². The van der Waals surface area contributed by atoms with E-state index in [1.54, 1.807) is 6.20 Å². The van der Waals surface area contributed by atoms with Crippen molar-refractivity contribution < 1.29 is 0 Å². The molecule has 108 valence electrons. The van der Waals surface area contributed by atoms with Crippen molar-refractivity contribution in [1.82, 2.24) is 24.5 Å². The van der Waals surface area contributed by atoms with Crippen molar-refractivity contribution >= 4 is 22.6 Å². The number of aromatic nitrogens is 5. The minimum absolute atomic E-state index is 0.261. The maximum absolute atomic E-state index is 5.82. The minimum atomic E-state index is 0.261. The van der Waals surface area contributed by atoms with E-state index in [-0.39, 0.29) is 5.28 Å². The summed E-state index contributed by atoms with van der Waals surface area (Å²) in [5.41, 5.74) is 3.83. The Hall–Kier alpha value is -2.01. The lowest BCUT2D eigenvalue weighted by molar-refractivity contribution is 0.600. The van der Waals surface area contributed by atoms with Crippen molar-refractivity contribution in [3.8, 4) is 0 Å². The highest BCUT2D eigenvalue weighted by atomic mass is 35.5. The molecule has 0 amide bonds. The van der Waals surface area contributed by atoms with E-state index in [4.69, 9.17) is 11.6 Å². The first kappa shape index (κ1) is 13.9. The van der Waals surface area contributed by atoms with E-state index in [1.807, 2.05) is 19.2 Å². The predicted molar refractivity (Wildman–Crippen MR) is 82.5 cm³/mol. The Labute approximate surface area is 128 Å².